The van der Waals surface area contributed by atoms with Crippen molar-refractivity contribution in [3.8, 4) is 17.9 Å². The highest BCUT2D eigenvalue weighted by Gasteiger charge is 2.57. The third-order valence-corrected chi connectivity index (χ3v) is 9.38. The van der Waals surface area contributed by atoms with E-state index in [9.17, 15) is 24.8 Å². The highest BCUT2D eigenvalue weighted by molar-refractivity contribution is 6.25. The van der Waals surface area contributed by atoms with Crippen molar-refractivity contribution in [1.82, 2.24) is 15.1 Å². The van der Waals surface area contributed by atoms with Gasteiger partial charge < -0.3 is 10.4 Å². The van der Waals surface area contributed by atoms with Crippen molar-refractivity contribution in [2.75, 3.05) is 13.6 Å². The molecule has 3 aliphatic heterocycles. The molecule has 2 N–H and O–H groups in total. The number of hydrogen-bond donors (Lipinski definition) is 2. The Hall–Kier alpha value is -3.79. The van der Waals surface area contributed by atoms with E-state index < -0.39 is 12.1 Å². The molecule has 2 unspecified atom stereocenters. The average Bonchev–Trinajstić information content (AvgIpc) is 2.93. The second kappa shape index (κ2) is 11.2. The van der Waals surface area contributed by atoms with E-state index in [1.165, 1.54) is 6.92 Å². The molecule has 1 amide bonds. The van der Waals surface area contributed by atoms with Crippen LogP contribution in [0.4, 0.5) is 0 Å². The first-order chi connectivity index (χ1) is 19.3. The number of aromatic hydroxyl groups is 1. The number of carbonyl (C=O) groups is 3. The van der Waals surface area contributed by atoms with E-state index in [-0.39, 0.29) is 53.8 Å². The van der Waals surface area contributed by atoms with Crippen LogP contribution in [-0.2, 0) is 20.8 Å². The van der Waals surface area contributed by atoms with Crippen LogP contribution in [0.2, 0.25) is 0 Å². The number of phenols is 1. The Morgan fingerprint density at radius 1 is 1.10 bits per heavy atom. The van der Waals surface area contributed by atoms with Gasteiger partial charge in [-0.15, -0.1) is 0 Å². The number of likely N-dealkylation sites (N-methyl/N-ethyl adjacent to an activating group) is 1. The molecular formula is C32H39N5O4. The first kappa shape index (κ1) is 30.2. The molecule has 1 aromatic carbocycles. The molecule has 4 aliphatic rings. The van der Waals surface area contributed by atoms with Gasteiger partial charge >= 0.3 is 0 Å². The van der Waals surface area contributed by atoms with Gasteiger partial charge in [0.25, 0.3) is 0 Å². The highest BCUT2D eigenvalue weighted by atomic mass is 16.3. The number of fused-ring (bicyclic) bond motifs is 6. The summed E-state index contributed by atoms with van der Waals surface area (Å²) in [6.45, 7) is 12.4. The molecular weight excluding hydrogens is 518 g/mol. The number of piperazine rings is 1. The molecule has 5 rings (SSSR count). The van der Waals surface area contributed by atoms with Crippen LogP contribution in [0.15, 0.2) is 28.4 Å². The molecule has 9 heteroatoms. The summed E-state index contributed by atoms with van der Waals surface area (Å²) >= 11 is 0. The van der Waals surface area contributed by atoms with E-state index in [1.807, 2.05) is 20.9 Å². The molecule has 9 nitrogen and oxygen atoms in total. The van der Waals surface area contributed by atoms with Crippen molar-refractivity contribution in [3.63, 3.8) is 0 Å². The van der Waals surface area contributed by atoms with E-state index in [0.717, 1.165) is 22.3 Å². The number of nitrogens with zero attached hydrogens (tertiary/aromatic N) is 4. The Morgan fingerprint density at radius 2 is 1.71 bits per heavy atom. The van der Waals surface area contributed by atoms with Gasteiger partial charge in [0.1, 0.15) is 11.8 Å². The fourth-order valence-corrected chi connectivity index (χ4v) is 6.98. The Kier molecular flexibility index (Phi) is 8.27. The minimum Gasteiger partial charge on any atom is -0.507 e. The van der Waals surface area contributed by atoms with Crippen molar-refractivity contribution >= 4 is 17.5 Å². The molecule has 0 spiro atoms. The largest absolute Gasteiger partial charge is 0.507 e. The van der Waals surface area contributed by atoms with Gasteiger partial charge in [-0.1, -0.05) is 19.9 Å². The van der Waals surface area contributed by atoms with E-state index in [1.54, 1.807) is 33.8 Å². The number of allylic oxidation sites excluding steroid dienone is 2. The van der Waals surface area contributed by atoms with Gasteiger partial charge in [-0.3, -0.25) is 24.2 Å². The van der Waals surface area contributed by atoms with Gasteiger partial charge in [-0.05, 0) is 64.3 Å². The van der Waals surface area contributed by atoms with E-state index in [2.05, 4.69) is 27.3 Å². The second-order valence-electron chi connectivity index (χ2n) is 11.9. The van der Waals surface area contributed by atoms with E-state index >= 15 is 0 Å². The average molecular weight is 558 g/mol. The van der Waals surface area contributed by atoms with E-state index in [0.29, 0.717) is 35.1 Å². The lowest BCUT2D eigenvalue weighted by molar-refractivity contribution is -0.125. The van der Waals surface area contributed by atoms with Crippen LogP contribution in [0.3, 0.4) is 0 Å². The number of aryl methyl sites for hydroxylation is 1. The fraction of sp³-hybridized carbons (Fsp3) is 0.531. The number of Topliss-reactive ketones (excluding diaryl/α,β-unsaturated/α-hetero) is 2. The molecule has 0 aromatic heterocycles. The topological polar surface area (TPSA) is 138 Å². The van der Waals surface area contributed by atoms with Crippen molar-refractivity contribution in [2.24, 2.45) is 5.92 Å². The standard InChI is InChI=1S/C30H36N4O4.C2H3N/c1-13(2)30(38)32-12-23-25-19(27(35)16(5)17(6)29(25)37)10-21-26-24-18(8-14(3)15(4)28(24)36)9-20(33(26)7)22(11-31)34(21)23;1-2-3/h8,13,20-23,26,36H,9-10,12H2,1-7H3,(H,32,38);1H3/t20-,21?,22?,23-,26-;/m0./s1. The van der Waals surface area contributed by atoms with Crippen molar-refractivity contribution in [1.29, 1.82) is 10.5 Å². The smallest absolute Gasteiger partial charge is 0.222 e. The zero-order chi connectivity index (χ0) is 30.5. The predicted octanol–water partition coefficient (Wildman–Crippen LogP) is 3.34. The van der Waals surface area contributed by atoms with Gasteiger partial charge in [0.15, 0.2) is 11.6 Å². The van der Waals surface area contributed by atoms with Crippen LogP contribution in [0.5, 0.6) is 5.75 Å². The zero-order valence-corrected chi connectivity index (χ0v) is 25.1. The maximum Gasteiger partial charge on any atom is 0.222 e. The molecule has 5 atom stereocenters. The molecule has 0 radical (unpaired) electrons. The number of nitriles is 2. The molecule has 1 aromatic rings. The first-order valence-electron chi connectivity index (χ1n) is 14.1. The Balaban J connectivity index is 0.00000124. The highest BCUT2D eigenvalue weighted by Crippen LogP contribution is 2.52. The molecule has 3 heterocycles. The second-order valence-corrected chi connectivity index (χ2v) is 11.9. The van der Waals surface area contributed by atoms with Crippen LogP contribution in [0.25, 0.3) is 0 Å². The Labute approximate surface area is 242 Å². The SMILES string of the molecule is CC#N.CC1=C(C)C(=O)C2=C(CC3[C@H]4c5c(cc(C)c(C)c5O)C[C@@H](C(C#N)N3[C@H]2CNC(=O)C(C)C)N4C)C1=O. The summed E-state index contributed by atoms with van der Waals surface area (Å²) in [7, 11) is 1.98. The predicted molar refractivity (Wildman–Crippen MR) is 154 cm³/mol. The number of benzene rings is 1. The number of hydrogen-bond acceptors (Lipinski definition) is 8. The number of ketones is 2. The minimum absolute atomic E-state index is 0.130. The summed E-state index contributed by atoms with van der Waals surface area (Å²) in [5, 5.41) is 32.2. The van der Waals surface area contributed by atoms with Crippen molar-refractivity contribution in [3.05, 3.63) is 50.6 Å². The molecule has 2 bridgehead atoms. The molecule has 1 aliphatic carbocycles. The maximum atomic E-state index is 13.7. The molecule has 0 saturated carbocycles. The van der Waals surface area contributed by atoms with Gasteiger partial charge in [-0.2, -0.15) is 10.5 Å². The van der Waals surface area contributed by atoms with Gasteiger partial charge in [-0.25, -0.2) is 0 Å². The van der Waals surface area contributed by atoms with Crippen LogP contribution in [0.1, 0.15) is 69.3 Å². The lowest BCUT2D eigenvalue weighted by atomic mass is 9.69. The van der Waals surface area contributed by atoms with Crippen LogP contribution in [0, 0.1) is 42.4 Å². The number of nitrogens with one attached hydrogen (secondary N) is 1. The lowest BCUT2D eigenvalue weighted by Gasteiger charge is -2.60. The maximum absolute atomic E-state index is 13.7. The fourth-order valence-electron chi connectivity index (χ4n) is 6.98. The normalized spacial score (nSPS) is 27.2. The Morgan fingerprint density at radius 3 is 2.29 bits per heavy atom. The van der Waals surface area contributed by atoms with E-state index in [4.69, 9.17) is 5.26 Å². The zero-order valence-electron chi connectivity index (χ0n) is 25.1. The van der Waals surface area contributed by atoms with Gasteiger partial charge in [0.2, 0.25) is 5.91 Å². The summed E-state index contributed by atoms with van der Waals surface area (Å²) < 4.78 is 0. The summed E-state index contributed by atoms with van der Waals surface area (Å²) in [5.41, 5.74) is 5.44. The summed E-state index contributed by atoms with van der Waals surface area (Å²) in [4.78, 5) is 44.2. The molecule has 1 saturated heterocycles. The summed E-state index contributed by atoms with van der Waals surface area (Å²) in [6, 6.07) is 4.41. The summed E-state index contributed by atoms with van der Waals surface area (Å²) in [6.07, 6.45) is 0.880. The first-order valence-corrected chi connectivity index (χ1v) is 14.1. The molecule has 1 fully saturated rings. The van der Waals surface area contributed by atoms with Crippen molar-refractivity contribution in [2.45, 2.75) is 91.5 Å². The number of carbonyl (C=O) groups excluding carboxylic acids is 3. The Bertz CT molecular complexity index is 1470. The van der Waals surface area contributed by atoms with Crippen LogP contribution in [-0.4, -0.2) is 70.1 Å². The third kappa shape index (κ3) is 4.67. The van der Waals surface area contributed by atoms with Crippen molar-refractivity contribution < 1.29 is 19.5 Å². The monoisotopic (exact) mass is 557 g/mol. The minimum atomic E-state index is -0.621. The van der Waals surface area contributed by atoms with Gasteiger partial charge in [0, 0.05) is 59.3 Å². The quantitative estimate of drug-likeness (QED) is 0.540. The van der Waals surface area contributed by atoms with Crippen LogP contribution < -0.4 is 5.32 Å². The molecule has 41 heavy (non-hydrogen) atoms. The number of amides is 1. The summed E-state index contributed by atoms with van der Waals surface area (Å²) in [5.74, 6) is -0.466. The third-order valence-electron chi connectivity index (χ3n) is 9.38. The number of rotatable bonds is 3. The molecule has 216 valence electrons. The number of phenolic OH excluding ortho intramolecular Hbond substituents is 1. The lowest BCUT2D eigenvalue weighted by Crippen LogP contribution is -2.71. The van der Waals surface area contributed by atoms with Gasteiger partial charge in [0.05, 0.1) is 24.2 Å². The van der Waals surface area contributed by atoms with Crippen LogP contribution >= 0.6 is 0 Å².